The number of carbonyl (C=O) groups excluding carboxylic acids is 1. The molecule has 0 bridgehead atoms. The third-order valence-corrected chi connectivity index (χ3v) is 4.75. The zero-order chi connectivity index (χ0) is 14.9. The number of carbonyl (C=O) groups is 1. The van der Waals surface area contributed by atoms with Crippen molar-refractivity contribution in [2.45, 2.75) is 19.3 Å². The van der Waals surface area contributed by atoms with Crippen molar-refractivity contribution in [3.63, 3.8) is 0 Å². The molecule has 0 aliphatic heterocycles. The summed E-state index contributed by atoms with van der Waals surface area (Å²) in [5.74, 6) is -0.130. The highest BCUT2D eigenvalue weighted by Crippen LogP contribution is 2.48. The third kappa shape index (κ3) is 2.91. The second-order valence-electron chi connectivity index (χ2n) is 5.80. The lowest BCUT2D eigenvalue weighted by molar-refractivity contribution is 0.0942. The summed E-state index contributed by atoms with van der Waals surface area (Å²) in [7, 11) is 0. The van der Waals surface area contributed by atoms with E-state index in [0.29, 0.717) is 17.5 Å². The minimum Gasteiger partial charge on any atom is -0.506 e. The second kappa shape index (κ2) is 5.68. The normalized spacial score (nSPS) is 15.9. The number of alkyl halides is 1. The molecule has 1 fully saturated rings. The lowest BCUT2D eigenvalue weighted by atomic mass is 10.0. The van der Waals surface area contributed by atoms with Gasteiger partial charge in [-0.2, -0.15) is 0 Å². The Labute approximate surface area is 132 Å². The molecule has 2 aromatic carbocycles. The fourth-order valence-electron chi connectivity index (χ4n) is 2.69. The average Bonchev–Trinajstić information content (AvgIpc) is 3.26. The van der Waals surface area contributed by atoms with Gasteiger partial charge in [-0.05, 0) is 36.1 Å². The SMILES string of the molecule is O=C(NCC1(CCBr)CC1)c1ccc2ccccc2c1O. The smallest absolute Gasteiger partial charge is 0.255 e. The molecule has 0 spiro atoms. The summed E-state index contributed by atoms with van der Waals surface area (Å²) in [4.78, 5) is 12.3. The molecule has 1 aliphatic carbocycles. The Kier molecular flexibility index (Phi) is 3.89. The van der Waals surface area contributed by atoms with Gasteiger partial charge < -0.3 is 10.4 Å². The van der Waals surface area contributed by atoms with E-state index in [1.807, 2.05) is 30.3 Å². The molecular weight excluding hydrogens is 330 g/mol. The number of hydrogen-bond acceptors (Lipinski definition) is 2. The predicted octanol–water partition coefficient (Wildman–Crippen LogP) is 3.84. The molecule has 0 aromatic heterocycles. The van der Waals surface area contributed by atoms with Gasteiger partial charge in [-0.1, -0.05) is 46.3 Å². The van der Waals surface area contributed by atoms with E-state index in [0.717, 1.165) is 17.1 Å². The monoisotopic (exact) mass is 347 g/mol. The molecule has 0 atom stereocenters. The number of aromatic hydroxyl groups is 1. The van der Waals surface area contributed by atoms with Crippen LogP contribution in [0.4, 0.5) is 0 Å². The van der Waals surface area contributed by atoms with Gasteiger partial charge in [-0.3, -0.25) is 4.79 Å². The third-order valence-electron chi connectivity index (χ3n) is 4.35. The van der Waals surface area contributed by atoms with Crippen LogP contribution in [0.15, 0.2) is 36.4 Å². The summed E-state index contributed by atoms with van der Waals surface area (Å²) in [6.45, 7) is 0.684. The van der Waals surface area contributed by atoms with Crippen molar-refractivity contribution in [1.29, 1.82) is 0 Å². The summed E-state index contributed by atoms with van der Waals surface area (Å²) in [5, 5.41) is 15.9. The van der Waals surface area contributed by atoms with E-state index >= 15 is 0 Å². The fourth-order valence-corrected chi connectivity index (χ4v) is 3.53. The Morgan fingerprint density at radius 2 is 2.00 bits per heavy atom. The molecule has 2 N–H and O–H groups in total. The molecular formula is C17H18BrNO2. The van der Waals surface area contributed by atoms with Gasteiger partial charge in [0.15, 0.2) is 0 Å². The molecule has 0 saturated heterocycles. The average molecular weight is 348 g/mol. The van der Waals surface area contributed by atoms with Crippen LogP contribution in [0.2, 0.25) is 0 Å². The van der Waals surface area contributed by atoms with Crippen molar-refractivity contribution in [3.8, 4) is 5.75 Å². The van der Waals surface area contributed by atoms with Gasteiger partial charge in [-0.25, -0.2) is 0 Å². The van der Waals surface area contributed by atoms with Crippen molar-refractivity contribution in [2.75, 3.05) is 11.9 Å². The van der Waals surface area contributed by atoms with Gasteiger partial charge in [0.05, 0.1) is 5.56 Å². The molecule has 1 aliphatic rings. The molecule has 0 radical (unpaired) electrons. The lowest BCUT2D eigenvalue weighted by Crippen LogP contribution is -2.30. The zero-order valence-corrected chi connectivity index (χ0v) is 13.3. The number of fused-ring (bicyclic) bond motifs is 1. The number of phenols is 1. The molecule has 3 rings (SSSR count). The minimum atomic E-state index is -0.195. The number of rotatable bonds is 5. The second-order valence-corrected chi connectivity index (χ2v) is 6.60. The van der Waals surface area contributed by atoms with Crippen molar-refractivity contribution < 1.29 is 9.90 Å². The van der Waals surface area contributed by atoms with E-state index in [4.69, 9.17) is 0 Å². The topological polar surface area (TPSA) is 49.3 Å². The van der Waals surface area contributed by atoms with Gasteiger partial charge in [0.1, 0.15) is 5.75 Å². The molecule has 0 heterocycles. The minimum absolute atomic E-state index is 0.0657. The van der Waals surface area contributed by atoms with Crippen molar-refractivity contribution >= 4 is 32.6 Å². The Balaban J connectivity index is 1.77. The van der Waals surface area contributed by atoms with E-state index < -0.39 is 0 Å². The molecule has 3 nitrogen and oxygen atoms in total. The number of halogens is 1. The van der Waals surface area contributed by atoms with E-state index in [9.17, 15) is 9.90 Å². The molecule has 0 unspecified atom stereocenters. The Hall–Kier alpha value is -1.55. The molecule has 1 saturated carbocycles. The summed E-state index contributed by atoms with van der Waals surface area (Å²) >= 11 is 3.46. The van der Waals surface area contributed by atoms with Crippen molar-refractivity contribution in [2.24, 2.45) is 5.41 Å². The summed E-state index contributed by atoms with van der Waals surface area (Å²) in [5.41, 5.74) is 0.620. The molecule has 110 valence electrons. The summed E-state index contributed by atoms with van der Waals surface area (Å²) < 4.78 is 0. The van der Waals surface area contributed by atoms with Crippen LogP contribution in [-0.4, -0.2) is 22.9 Å². The van der Waals surface area contributed by atoms with Crippen molar-refractivity contribution in [1.82, 2.24) is 5.32 Å². The van der Waals surface area contributed by atoms with Crippen LogP contribution in [-0.2, 0) is 0 Å². The Morgan fingerprint density at radius 3 is 2.71 bits per heavy atom. The predicted molar refractivity (Wildman–Crippen MR) is 88.0 cm³/mol. The van der Waals surface area contributed by atoms with Gasteiger partial charge in [0.25, 0.3) is 5.91 Å². The molecule has 1 amide bonds. The van der Waals surface area contributed by atoms with Gasteiger partial charge in [0, 0.05) is 17.3 Å². The summed E-state index contributed by atoms with van der Waals surface area (Å²) in [6, 6.07) is 11.1. The van der Waals surface area contributed by atoms with E-state index in [1.54, 1.807) is 6.07 Å². The first-order valence-electron chi connectivity index (χ1n) is 7.20. The summed E-state index contributed by atoms with van der Waals surface area (Å²) in [6.07, 6.45) is 3.42. The maximum atomic E-state index is 12.3. The van der Waals surface area contributed by atoms with Crippen LogP contribution in [0.5, 0.6) is 5.75 Å². The highest BCUT2D eigenvalue weighted by Gasteiger charge is 2.41. The van der Waals surface area contributed by atoms with Gasteiger partial charge in [-0.15, -0.1) is 0 Å². The van der Waals surface area contributed by atoms with Gasteiger partial charge >= 0.3 is 0 Å². The molecule has 4 heteroatoms. The molecule has 2 aromatic rings. The number of phenolic OH excluding ortho intramolecular Hbond substituents is 1. The number of benzene rings is 2. The first-order chi connectivity index (χ1) is 10.2. The van der Waals surface area contributed by atoms with Crippen LogP contribution in [0, 0.1) is 5.41 Å². The number of nitrogens with one attached hydrogen (secondary N) is 1. The number of amides is 1. The van der Waals surface area contributed by atoms with E-state index in [1.165, 1.54) is 12.8 Å². The van der Waals surface area contributed by atoms with Crippen LogP contribution < -0.4 is 5.32 Å². The first kappa shape index (κ1) is 14.4. The quantitative estimate of drug-likeness (QED) is 0.807. The standard InChI is InChI=1S/C17H18BrNO2/c18-10-9-17(7-8-17)11-19-16(21)14-6-5-12-3-1-2-4-13(12)15(14)20/h1-6,20H,7-11H2,(H,19,21). The van der Waals surface area contributed by atoms with Crippen LogP contribution in [0.25, 0.3) is 10.8 Å². The van der Waals surface area contributed by atoms with E-state index in [2.05, 4.69) is 21.2 Å². The van der Waals surface area contributed by atoms with E-state index in [-0.39, 0.29) is 17.1 Å². The van der Waals surface area contributed by atoms with Crippen LogP contribution >= 0.6 is 15.9 Å². The largest absolute Gasteiger partial charge is 0.506 e. The first-order valence-corrected chi connectivity index (χ1v) is 8.32. The fraction of sp³-hybridized carbons (Fsp3) is 0.353. The number of hydrogen-bond donors (Lipinski definition) is 2. The highest BCUT2D eigenvalue weighted by atomic mass is 79.9. The molecule has 21 heavy (non-hydrogen) atoms. The van der Waals surface area contributed by atoms with Gasteiger partial charge in [0.2, 0.25) is 0 Å². The lowest BCUT2D eigenvalue weighted by Gasteiger charge is -2.15. The maximum absolute atomic E-state index is 12.3. The highest BCUT2D eigenvalue weighted by molar-refractivity contribution is 9.09. The maximum Gasteiger partial charge on any atom is 0.255 e. The van der Waals surface area contributed by atoms with Crippen LogP contribution in [0.3, 0.4) is 0 Å². The van der Waals surface area contributed by atoms with Crippen molar-refractivity contribution in [3.05, 3.63) is 42.0 Å². The Morgan fingerprint density at radius 1 is 1.24 bits per heavy atom. The van der Waals surface area contributed by atoms with Crippen LogP contribution in [0.1, 0.15) is 29.6 Å². The zero-order valence-electron chi connectivity index (χ0n) is 11.7. The Bertz CT molecular complexity index is 680.